The van der Waals surface area contributed by atoms with E-state index >= 15 is 0 Å². The van der Waals surface area contributed by atoms with Gasteiger partial charge >= 0.3 is 0 Å². The van der Waals surface area contributed by atoms with Gasteiger partial charge in [0.2, 0.25) is 17.7 Å². The van der Waals surface area contributed by atoms with Crippen molar-refractivity contribution in [2.75, 3.05) is 5.32 Å². The van der Waals surface area contributed by atoms with E-state index in [9.17, 15) is 38.9 Å². The molecule has 14 nitrogen and oxygen atoms in total. The van der Waals surface area contributed by atoms with Crippen molar-refractivity contribution < 1.29 is 33.7 Å². The number of likely N-dealkylation sites (tertiary alicyclic amines) is 1. The number of benzene rings is 2. The molecule has 4 atom stereocenters. The normalized spacial score (nSPS) is 18.8. The molecule has 0 aromatic heterocycles. The topological polar surface area (TPSA) is 211 Å². The van der Waals surface area contributed by atoms with Gasteiger partial charge < -0.3 is 21.7 Å². The van der Waals surface area contributed by atoms with Gasteiger partial charge in [-0.15, -0.1) is 0 Å². The largest absolute Gasteiger partial charge is 0.343 e. The van der Waals surface area contributed by atoms with Crippen LogP contribution in [0.5, 0.6) is 0 Å². The van der Waals surface area contributed by atoms with E-state index in [4.69, 9.17) is 5.73 Å². The fraction of sp³-hybridized carbons (Fsp3) is 0.357. The Kier molecular flexibility index (Phi) is 9.86. The second kappa shape index (κ2) is 13.1. The highest BCUT2D eigenvalue weighted by Gasteiger charge is 2.58. The van der Waals surface area contributed by atoms with E-state index in [-0.39, 0.29) is 30.6 Å². The van der Waals surface area contributed by atoms with Crippen LogP contribution in [0, 0.1) is 10.1 Å². The summed E-state index contributed by atoms with van der Waals surface area (Å²) in [6.45, 7) is 4.09. The third-order valence-corrected chi connectivity index (χ3v) is 6.79. The summed E-state index contributed by atoms with van der Waals surface area (Å²) in [7, 11) is 0. The summed E-state index contributed by atoms with van der Waals surface area (Å²) in [5.41, 5.74) is 3.52. The summed E-state index contributed by atoms with van der Waals surface area (Å²) in [5, 5.41) is 18.4. The maximum Gasteiger partial charge on any atom is 0.269 e. The van der Waals surface area contributed by atoms with Crippen LogP contribution in [0.15, 0.2) is 54.6 Å². The predicted molar refractivity (Wildman–Crippen MR) is 150 cm³/mol. The van der Waals surface area contributed by atoms with Gasteiger partial charge in [0.25, 0.3) is 17.5 Å². The lowest BCUT2D eigenvalue weighted by Crippen LogP contribution is -2.71. The van der Waals surface area contributed by atoms with Crippen molar-refractivity contribution in [1.82, 2.24) is 15.5 Å². The second-order valence-electron chi connectivity index (χ2n) is 10.0. The van der Waals surface area contributed by atoms with E-state index in [1.807, 2.05) is 0 Å². The smallest absolute Gasteiger partial charge is 0.269 e. The number of non-ortho nitro benzene ring substituents is 1. The van der Waals surface area contributed by atoms with Gasteiger partial charge in [0.05, 0.1) is 11.0 Å². The second-order valence-corrected chi connectivity index (χ2v) is 10.0. The Balaban J connectivity index is 1.99. The average molecular weight is 581 g/mol. The molecule has 0 saturated carbocycles. The van der Waals surface area contributed by atoms with Crippen LogP contribution in [-0.2, 0) is 35.2 Å². The number of rotatable bonds is 10. The molecule has 1 aliphatic rings. The lowest BCUT2D eigenvalue weighted by molar-refractivity contribution is -0.384. The number of nitro benzene ring substituents is 1. The Bertz CT molecular complexity index is 1390. The van der Waals surface area contributed by atoms with Gasteiger partial charge in [0, 0.05) is 37.1 Å². The van der Waals surface area contributed by atoms with Crippen LogP contribution in [0.4, 0.5) is 11.4 Å². The fourth-order valence-electron chi connectivity index (χ4n) is 4.47. The molecule has 2 aromatic rings. The quantitative estimate of drug-likeness (QED) is 0.176. The van der Waals surface area contributed by atoms with E-state index in [0.717, 1.165) is 12.1 Å². The third-order valence-electron chi connectivity index (χ3n) is 6.79. The molecule has 0 bridgehead atoms. The highest BCUT2D eigenvalue weighted by molar-refractivity contribution is 6.23. The summed E-state index contributed by atoms with van der Waals surface area (Å²) >= 11 is 0. The van der Waals surface area contributed by atoms with E-state index in [1.165, 1.54) is 32.9 Å². The van der Waals surface area contributed by atoms with Gasteiger partial charge in [-0.2, -0.15) is 0 Å². The number of ketones is 1. The summed E-state index contributed by atoms with van der Waals surface area (Å²) in [5.74, 6) is -4.86. The molecule has 0 unspecified atom stereocenters. The molecule has 1 heterocycles. The van der Waals surface area contributed by atoms with E-state index < -0.39 is 63.9 Å². The highest BCUT2D eigenvalue weighted by Crippen LogP contribution is 2.33. The Hall–Kier alpha value is -4.98. The molecule has 5 amide bonds. The van der Waals surface area contributed by atoms with Gasteiger partial charge in [-0.3, -0.25) is 43.8 Å². The van der Waals surface area contributed by atoms with E-state index in [0.29, 0.717) is 10.5 Å². The standard InChI is InChI=1S/C28H32N6O8/c1-16(29)24(37)30-17(2)25(38)31-18(3)26(39)33-23(36)14-13-22(35)28(33,15-19-7-5-4-6-8-19)27(40)32-20-9-11-21(12-10-20)34(41)42/h4-12,16-18H,13-15,29H2,1-3H3,(H,30,37)(H,31,38)(H,32,40)/t16-,17-,18-,28+/m0/s1. The molecule has 5 N–H and O–H groups in total. The first-order valence-corrected chi connectivity index (χ1v) is 13.1. The first-order chi connectivity index (χ1) is 19.8. The van der Waals surface area contributed by atoms with Crippen LogP contribution in [0.3, 0.4) is 0 Å². The number of piperidine rings is 1. The Labute approximate surface area is 241 Å². The zero-order chi connectivity index (χ0) is 31.2. The summed E-state index contributed by atoms with van der Waals surface area (Å²) < 4.78 is 0. The number of Topliss-reactive ketones (excluding diaryl/α,β-unsaturated/α-hetero) is 1. The number of nitro groups is 1. The fourth-order valence-corrected chi connectivity index (χ4v) is 4.47. The Morgan fingerprint density at radius 2 is 1.52 bits per heavy atom. The molecule has 0 aliphatic carbocycles. The van der Waals surface area contributed by atoms with Crippen LogP contribution in [0.1, 0.15) is 39.2 Å². The molecule has 2 aromatic carbocycles. The predicted octanol–water partition coefficient (Wildman–Crippen LogP) is 0.590. The molecule has 3 rings (SSSR count). The Morgan fingerprint density at radius 3 is 2.10 bits per heavy atom. The number of anilines is 1. The molecule has 0 radical (unpaired) electrons. The molecular formula is C28H32N6O8. The number of nitrogens with one attached hydrogen (secondary N) is 3. The van der Waals surface area contributed by atoms with Crippen LogP contribution in [0.2, 0.25) is 0 Å². The zero-order valence-electron chi connectivity index (χ0n) is 23.3. The summed E-state index contributed by atoms with van der Waals surface area (Å²) in [6.07, 6.45) is -1.01. The first kappa shape index (κ1) is 31.5. The molecule has 42 heavy (non-hydrogen) atoms. The average Bonchev–Trinajstić information content (AvgIpc) is 2.95. The van der Waals surface area contributed by atoms with Crippen molar-refractivity contribution in [3.8, 4) is 0 Å². The first-order valence-electron chi connectivity index (χ1n) is 13.1. The molecule has 222 valence electrons. The van der Waals surface area contributed by atoms with Gasteiger partial charge in [-0.1, -0.05) is 30.3 Å². The van der Waals surface area contributed by atoms with Crippen LogP contribution < -0.4 is 21.7 Å². The number of imide groups is 1. The minimum absolute atomic E-state index is 0.0938. The monoisotopic (exact) mass is 580 g/mol. The number of hydrogen-bond donors (Lipinski definition) is 4. The van der Waals surface area contributed by atoms with Crippen LogP contribution >= 0.6 is 0 Å². The van der Waals surface area contributed by atoms with Crippen molar-refractivity contribution >= 4 is 46.7 Å². The zero-order valence-corrected chi connectivity index (χ0v) is 23.3. The molecule has 14 heteroatoms. The van der Waals surface area contributed by atoms with Crippen LogP contribution in [0.25, 0.3) is 0 Å². The maximum absolute atomic E-state index is 14.0. The SMILES string of the molecule is C[C@H](N)C(=O)N[C@@H](C)C(=O)N[C@@H](C)C(=O)N1C(=O)CCC(=O)[C@]1(Cc1ccccc1)C(=O)Nc1ccc([N+](=O)[O-])cc1. The van der Waals surface area contributed by atoms with Gasteiger partial charge in [0.1, 0.15) is 12.1 Å². The molecule has 1 aliphatic heterocycles. The number of carbonyl (C=O) groups excluding carboxylic acids is 6. The third kappa shape index (κ3) is 6.83. The number of carbonyl (C=O) groups is 6. The van der Waals surface area contributed by atoms with E-state index in [1.54, 1.807) is 30.3 Å². The van der Waals surface area contributed by atoms with Gasteiger partial charge in [0.15, 0.2) is 11.3 Å². The van der Waals surface area contributed by atoms with Crippen LogP contribution in [-0.4, -0.2) is 68.8 Å². The molecule has 1 saturated heterocycles. The summed E-state index contributed by atoms with van der Waals surface area (Å²) in [6, 6.07) is 9.77. The number of nitrogens with zero attached hydrogens (tertiary/aromatic N) is 2. The summed E-state index contributed by atoms with van der Waals surface area (Å²) in [4.78, 5) is 90.4. The maximum atomic E-state index is 14.0. The van der Waals surface area contributed by atoms with Crippen molar-refractivity contribution in [3.05, 3.63) is 70.3 Å². The molecular weight excluding hydrogens is 548 g/mol. The minimum atomic E-state index is -2.33. The van der Waals surface area contributed by atoms with Crippen molar-refractivity contribution in [2.24, 2.45) is 5.73 Å². The van der Waals surface area contributed by atoms with E-state index in [2.05, 4.69) is 16.0 Å². The van der Waals surface area contributed by atoms with Gasteiger partial charge in [-0.05, 0) is 38.5 Å². The van der Waals surface area contributed by atoms with Crippen molar-refractivity contribution in [2.45, 2.75) is 63.7 Å². The van der Waals surface area contributed by atoms with Gasteiger partial charge in [-0.25, -0.2) is 0 Å². The number of hydrogen-bond acceptors (Lipinski definition) is 9. The Morgan fingerprint density at radius 1 is 0.929 bits per heavy atom. The number of nitrogens with two attached hydrogens (primary N) is 1. The molecule has 1 fully saturated rings. The highest BCUT2D eigenvalue weighted by atomic mass is 16.6. The lowest BCUT2D eigenvalue weighted by atomic mass is 9.78. The molecule has 0 spiro atoms. The van der Waals surface area contributed by atoms with Crippen molar-refractivity contribution in [1.29, 1.82) is 0 Å². The van der Waals surface area contributed by atoms with Crippen molar-refractivity contribution in [3.63, 3.8) is 0 Å². The minimum Gasteiger partial charge on any atom is -0.343 e. The lowest BCUT2D eigenvalue weighted by Gasteiger charge is -2.44. The number of amides is 5.